The normalized spacial score (nSPS) is 17.6. The second-order valence-corrected chi connectivity index (χ2v) is 10.8. The molecule has 1 aromatic carbocycles. The van der Waals surface area contributed by atoms with Crippen LogP contribution in [0.25, 0.3) is 0 Å². The number of thiophene rings is 1. The fourth-order valence-electron chi connectivity index (χ4n) is 4.86. The van der Waals surface area contributed by atoms with Gasteiger partial charge in [-0.25, -0.2) is 9.97 Å². The van der Waals surface area contributed by atoms with Gasteiger partial charge in [0, 0.05) is 60.4 Å². The molecule has 0 unspecified atom stereocenters. The van der Waals surface area contributed by atoms with Crippen molar-refractivity contribution in [2.75, 3.05) is 0 Å². The molecule has 1 aliphatic carbocycles. The molecule has 0 bridgehead atoms. The lowest BCUT2D eigenvalue weighted by atomic mass is 9.91. The zero-order valence-electron chi connectivity index (χ0n) is 21.2. The van der Waals surface area contributed by atoms with Crippen LogP contribution in [0.5, 0.6) is 0 Å². The van der Waals surface area contributed by atoms with Crippen molar-refractivity contribution in [3.05, 3.63) is 93.7 Å². The molecule has 0 spiro atoms. The summed E-state index contributed by atoms with van der Waals surface area (Å²) >= 11 is 1.84. The zero-order valence-corrected chi connectivity index (χ0v) is 22.1. The number of aryl methyl sites for hydroxylation is 1. The molecule has 1 amide bonds. The number of imidazole rings is 2. The minimum atomic E-state index is -0.0455. The highest BCUT2D eigenvalue weighted by Gasteiger charge is 2.21. The van der Waals surface area contributed by atoms with Gasteiger partial charge in [-0.05, 0) is 67.3 Å². The van der Waals surface area contributed by atoms with Gasteiger partial charge in [-0.1, -0.05) is 12.1 Å². The molecule has 0 saturated heterocycles. The molecule has 8 nitrogen and oxygen atoms in total. The van der Waals surface area contributed by atoms with Crippen LogP contribution in [0.2, 0.25) is 0 Å². The Morgan fingerprint density at radius 3 is 2.03 bits per heavy atom. The topological polar surface area (TPSA) is 102 Å². The van der Waals surface area contributed by atoms with E-state index in [1.807, 2.05) is 23.5 Å². The van der Waals surface area contributed by atoms with E-state index in [1.54, 1.807) is 29.7 Å². The average Bonchev–Trinajstić information content (AvgIpc) is 3.71. The molecular weight excluding hydrogens is 482 g/mol. The number of aromatic amines is 2. The Balaban J connectivity index is 1.10. The number of H-pyrrole nitrogens is 2. The highest BCUT2D eigenvalue weighted by molar-refractivity contribution is 7.10. The number of hydrogen-bond donors (Lipinski definition) is 4. The summed E-state index contributed by atoms with van der Waals surface area (Å²) in [7, 11) is 0. The first-order chi connectivity index (χ1) is 18.1. The van der Waals surface area contributed by atoms with Gasteiger partial charge in [0.1, 0.15) is 11.6 Å². The first kappa shape index (κ1) is 25.4. The highest BCUT2D eigenvalue weighted by Crippen LogP contribution is 2.21. The number of benzene rings is 1. The van der Waals surface area contributed by atoms with Crippen LogP contribution in [0.4, 0.5) is 0 Å². The van der Waals surface area contributed by atoms with E-state index in [0.29, 0.717) is 30.7 Å². The monoisotopic (exact) mass is 517 g/mol. The van der Waals surface area contributed by atoms with Crippen molar-refractivity contribution in [3.63, 3.8) is 0 Å². The fourth-order valence-corrected chi connectivity index (χ4v) is 5.72. The molecule has 194 valence electrons. The average molecular weight is 518 g/mol. The first-order valence-electron chi connectivity index (χ1n) is 13.0. The summed E-state index contributed by atoms with van der Waals surface area (Å²) in [5.74, 6) is 1.44. The van der Waals surface area contributed by atoms with Gasteiger partial charge < -0.3 is 25.5 Å². The molecule has 3 aromatic heterocycles. The predicted octanol–water partition coefficient (Wildman–Crippen LogP) is 4.54. The number of carbonyl (C=O) groups is 1. The lowest BCUT2D eigenvalue weighted by Crippen LogP contribution is -2.39. The summed E-state index contributed by atoms with van der Waals surface area (Å²) in [4.78, 5) is 31.2. The van der Waals surface area contributed by atoms with Crippen LogP contribution >= 0.6 is 11.3 Å². The third-order valence-electron chi connectivity index (χ3n) is 7.12. The molecule has 1 aliphatic rings. The second kappa shape index (κ2) is 12.3. The minimum Gasteiger partial charge on any atom is -0.347 e. The number of nitrogens with one attached hydrogen (secondary N) is 4. The summed E-state index contributed by atoms with van der Waals surface area (Å²) < 4.78 is 0. The number of aromatic nitrogens is 4. The summed E-state index contributed by atoms with van der Waals surface area (Å²) in [6.45, 7) is 4.77. The maximum atomic E-state index is 13.3. The van der Waals surface area contributed by atoms with Gasteiger partial charge in [0.25, 0.3) is 5.91 Å². The van der Waals surface area contributed by atoms with Gasteiger partial charge >= 0.3 is 0 Å². The molecule has 0 radical (unpaired) electrons. The van der Waals surface area contributed by atoms with Crippen molar-refractivity contribution in [1.29, 1.82) is 0 Å². The van der Waals surface area contributed by atoms with Crippen LogP contribution in [0.15, 0.2) is 60.5 Å². The van der Waals surface area contributed by atoms with Gasteiger partial charge in [0.2, 0.25) is 0 Å². The van der Waals surface area contributed by atoms with Gasteiger partial charge in [-0.15, -0.1) is 11.3 Å². The SMILES string of the molecule is Cc1ccsc1CN[C@H]1CC[C@H](NCc2ccc(C(=O)N(Cc3ncc[nH]3)Cc3ncc[nH]3)cc2)CC1. The van der Waals surface area contributed by atoms with Crippen molar-refractivity contribution in [1.82, 2.24) is 35.5 Å². The molecule has 0 atom stereocenters. The standard InChI is InChI=1S/C28H35N7OS/c1-20-10-15-37-25(20)17-34-24-8-6-23(7-9-24)33-16-21-2-4-22(5-3-21)28(36)35(18-26-29-11-12-30-26)19-27-31-13-14-32-27/h2-5,10-15,23-24,33-34H,6-9,16-19H2,1H3,(H,29,30)(H,31,32)/t23-,24-. The molecule has 5 rings (SSSR count). The predicted molar refractivity (Wildman–Crippen MR) is 146 cm³/mol. The molecule has 4 N–H and O–H groups in total. The van der Waals surface area contributed by atoms with Crippen LogP contribution in [-0.2, 0) is 26.2 Å². The molecule has 1 fully saturated rings. The second-order valence-electron chi connectivity index (χ2n) is 9.77. The summed E-state index contributed by atoms with van der Waals surface area (Å²) in [6, 6.07) is 11.3. The van der Waals surface area contributed by atoms with Crippen LogP contribution in [0.1, 0.15) is 63.7 Å². The summed E-state index contributed by atoms with van der Waals surface area (Å²) in [5.41, 5.74) is 3.24. The summed E-state index contributed by atoms with van der Waals surface area (Å²) in [5, 5.41) is 9.64. The lowest BCUT2D eigenvalue weighted by Gasteiger charge is -2.30. The van der Waals surface area contributed by atoms with Gasteiger partial charge in [-0.2, -0.15) is 0 Å². The van der Waals surface area contributed by atoms with Crippen molar-refractivity contribution >= 4 is 17.2 Å². The quantitative estimate of drug-likeness (QED) is 0.234. The Hall–Kier alpha value is -3.27. The Morgan fingerprint density at radius 1 is 0.919 bits per heavy atom. The Morgan fingerprint density at radius 2 is 1.51 bits per heavy atom. The number of carbonyl (C=O) groups excluding carboxylic acids is 1. The maximum Gasteiger partial charge on any atom is 0.254 e. The van der Waals surface area contributed by atoms with Crippen LogP contribution in [-0.4, -0.2) is 42.8 Å². The molecule has 4 aromatic rings. The van der Waals surface area contributed by atoms with E-state index in [4.69, 9.17) is 0 Å². The fraction of sp³-hybridized carbons (Fsp3) is 0.393. The zero-order chi connectivity index (χ0) is 25.5. The third kappa shape index (κ3) is 6.94. The van der Waals surface area contributed by atoms with E-state index in [1.165, 1.54) is 41.7 Å². The molecule has 9 heteroatoms. The van der Waals surface area contributed by atoms with Crippen molar-refractivity contribution < 1.29 is 4.79 Å². The molecule has 37 heavy (non-hydrogen) atoms. The maximum absolute atomic E-state index is 13.3. The third-order valence-corrected chi connectivity index (χ3v) is 8.14. The van der Waals surface area contributed by atoms with Gasteiger partial charge in [0.15, 0.2) is 0 Å². The van der Waals surface area contributed by atoms with E-state index in [0.717, 1.165) is 24.7 Å². The number of amides is 1. The van der Waals surface area contributed by atoms with E-state index in [-0.39, 0.29) is 5.91 Å². The molecular formula is C28H35N7OS. The molecule has 3 heterocycles. The van der Waals surface area contributed by atoms with E-state index in [2.05, 4.69) is 61.1 Å². The number of hydrogen-bond acceptors (Lipinski definition) is 6. The number of rotatable bonds is 11. The summed E-state index contributed by atoms with van der Waals surface area (Å²) in [6.07, 6.45) is 11.7. The smallest absolute Gasteiger partial charge is 0.254 e. The van der Waals surface area contributed by atoms with Crippen molar-refractivity contribution in [2.24, 2.45) is 0 Å². The van der Waals surface area contributed by atoms with Crippen LogP contribution < -0.4 is 10.6 Å². The number of nitrogens with zero attached hydrogens (tertiary/aromatic N) is 3. The molecule has 1 saturated carbocycles. The molecule has 0 aliphatic heterocycles. The van der Waals surface area contributed by atoms with Crippen molar-refractivity contribution in [3.8, 4) is 0 Å². The van der Waals surface area contributed by atoms with Gasteiger partial charge in [-0.3, -0.25) is 4.79 Å². The minimum absolute atomic E-state index is 0.0455. The van der Waals surface area contributed by atoms with E-state index < -0.39 is 0 Å². The Kier molecular flexibility index (Phi) is 8.45. The first-order valence-corrected chi connectivity index (χ1v) is 13.9. The van der Waals surface area contributed by atoms with E-state index >= 15 is 0 Å². The van der Waals surface area contributed by atoms with E-state index in [9.17, 15) is 4.79 Å². The highest BCUT2D eigenvalue weighted by atomic mass is 32.1. The van der Waals surface area contributed by atoms with Gasteiger partial charge in [0.05, 0.1) is 13.1 Å². The lowest BCUT2D eigenvalue weighted by molar-refractivity contribution is 0.0721. The largest absolute Gasteiger partial charge is 0.347 e. The Labute approximate surface area is 221 Å². The van der Waals surface area contributed by atoms with Crippen LogP contribution in [0.3, 0.4) is 0 Å². The van der Waals surface area contributed by atoms with Crippen LogP contribution in [0, 0.1) is 6.92 Å². The van der Waals surface area contributed by atoms with Crippen molar-refractivity contribution in [2.45, 2.75) is 70.9 Å². The Bertz CT molecular complexity index is 1190.